The molecule has 0 aromatic carbocycles. The summed E-state index contributed by atoms with van der Waals surface area (Å²) in [7, 11) is 0. The van der Waals surface area contributed by atoms with Gasteiger partial charge < -0.3 is 15.0 Å². The summed E-state index contributed by atoms with van der Waals surface area (Å²) in [5.41, 5.74) is 1.54. The number of carbonyl (C=O) groups excluding carboxylic acids is 1. The summed E-state index contributed by atoms with van der Waals surface area (Å²) < 4.78 is 5.36. The summed E-state index contributed by atoms with van der Waals surface area (Å²) in [6.07, 6.45) is 3.19. The Morgan fingerprint density at radius 1 is 1.40 bits per heavy atom. The van der Waals surface area contributed by atoms with Crippen LogP contribution < -0.4 is 10.2 Å². The summed E-state index contributed by atoms with van der Waals surface area (Å²) in [4.78, 5) is 23.0. The number of aromatic nitrogens is 2. The van der Waals surface area contributed by atoms with E-state index >= 15 is 0 Å². The van der Waals surface area contributed by atoms with Crippen molar-refractivity contribution in [3.8, 4) is 11.3 Å². The van der Waals surface area contributed by atoms with Gasteiger partial charge >= 0.3 is 6.09 Å². The van der Waals surface area contributed by atoms with E-state index in [9.17, 15) is 4.79 Å². The number of hydrogen-bond acceptors (Lipinski definition) is 6. The summed E-state index contributed by atoms with van der Waals surface area (Å²) in [6.45, 7) is 7.25. The fourth-order valence-electron chi connectivity index (χ4n) is 2.87. The summed E-state index contributed by atoms with van der Waals surface area (Å²) in [5, 5.41) is 7.09. The highest BCUT2D eigenvalue weighted by atomic mass is 32.1. The zero-order valence-corrected chi connectivity index (χ0v) is 15.7. The molecular weight excluding hydrogens is 336 g/mol. The van der Waals surface area contributed by atoms with Crippen molar-refractivity contribution >= 4 is 23.2 Å². The first-order valence-corrected chi connectivity index (χ1v) is 9.44. The average Bonchev–Trinajstić information content (AvgIpc) is 3.08. The lowest BCUT2D eigenvalue weighted by Crippen LogP contribution is -2.49. The second kappa shape index (κ2) is 7.39. The fraction of sp³-hybridized carbons (Fsp3) is 0.500. The Labute approximate surface area is 152 Å². The fourth-order valence-corrected chi connectivity index (χ4v) is 3.51. The van der Waals surface area contributed by atoms with E-state index in [1.54, 1.807) is 17.7 Å². The average molecular weight is 360 g/mol. The highest BCUT2D eigenvalue weighted by Gasteiger charge is 2.25. The van der Waals surface area contributed by atoms with Crippen LogP contribution >= 0.6 is 11.3 Å². The number of carbonyl (C=O) groups is 1. The van der Waals surface area contributed by atoms with Crippen molar-refractivity contribution in [3.05, 3.63) is 29.2 Å². The van der Waals surface area contributed by atoms with Gasteiger partial charge in [0.1, 0.15) is 17.7 Å². The predicted molar refractivity (Wildman–Crippen MR) is 99.9 cm³/mol. The van der Waals surface area contributed by atoms with Crippen LogP contribution in [0.4, 0.5) is 10.6 Å². The van der Waals surface area contributed by atoms with Gasteiger partial charge in [0.15, 0.2) is 0 Å². The molecule has 0 spiro atoms. The SMILES string of the molecule is CC(C)(C)OC(=O)NC1CCCN(c2cc(-c3ccsc3)ncn2)C1. The van der Waals surface area contributed by atoms with Crippen molar-refractivity contribution < 1.29 is 9.53 Å². The van der Waals surface area contributed by atoms with Crippen LogP contribution in [-0.2, 0) is 4.74 Å². The van der Waals surface area contributed by atoms with Gasteiger partial charge in [-0.2, -0.15) is 11.3 Å². The minimum Gasteiger partial charge on any atom is -0.444 e. The first kappa shape index (κ1) is 17.7. The number of hydrogen-bond donors (Lipinski definition) is 1. The molecule has 1 saturated heterocycles. The number of nitrogens with zero attached hydrogens (tertiary/aromatic N) is 3. The zero-order chi connectivity index (χ0) is 17.9. The summed E-state index contributed by atoms with van der Waals surface area (Å²) >= 11 is 1.65. The van der Waals surface area contributed by atoms with Gasteiger partial charge in [-0.1, -0.05) is 0 Å². The molecule has 1 amide bonds. The molecule has 3 heterocycles. The van der Waals surface area contributed by atoms with Crippen molar-refractivity contribution in [3.63, 3.8) is 0 Å². The van der Waals surface area contributed by atoms with Crippen LogP contribution in [0, 0.1) is 0 Å². The van der Waals surface area contributed by atoms with Gasteiger partial charge in [0.05, 0.1) is 5.69 Å². The van der Waals surface area contributed by atoms with Crippen LogP contribution in [0.5, 0.6) is 0 Å². The maximum Gasteiger partial charge on any atom is 0.407 e. The lowest BCUT2D eigenvalue weighted by atomic mass is 10.1. The Morgan fingerprint density at radius 2 is 2.24 bits per heavy atom. The number of amides is 1. The number of piperidine rings is 1. The quantitative estimate of drug-likeness (QED) is 0.904. The van der Waals surface area contributed by atoms with E-state index in [-0.39, 0.29) is 12.1 Å². The van der Waals surface area contributed by atoms with Crippen molar-refractivity contribution in [2.75, 3.05) is 18.0 Å². The molecule has 1 aliphatic rings. The van der Waals surface area contributed by atoms with Crippen LogP contribution in [0.25, 0.3) is 11.3 Å². The third-order valence-corrected chi connectivity index (χ3v) is 4.62. The van der Waals surface area contributed by atoms with Gasteiger partial charge in [0.25, 0.3) is 0 Å². The smallest absolute Gasteiger partial charge is 0.407 e. The molecule has 1 unspecified atom stereocenters. The molecule has 2 aromatic rings. The summed E-state index contributed by atoms with van der Waals surface area (Å²) in [5.74, 6) is 0.895. The minimum absolute atomic E-state index is 0.0585. The molecule has 1 N–H and O–H groups in total. The molecule has 0 aliphatic carbocycles. The molecule has 0 radical (unpaired) electrons. The molecule has 134 valence electrons. The molecule has 2 aromatic heterocycles. The Balaban J connectivity index is 1.65. The standard InChI is InChI=1S/C18H24N4O2S/c1-18(2,3)24-17(23)21-14-5-4-7-22(10-14)16-9-15(19-12-20-16)13-6-8-25-11-13/h6,8-9,11-12,14H,4-5,7,10H2,1-3H3,(H,21,23). The topological polar surface area (TPSA) is 67.3 Å². The van der Waals surface area contributed by atoms with E-state index in [1.165, 1.54) is 0 Å². The lowest BCUT2D eigenvalue weighted by molar-refractivity contribution is 0.0500. The Hall–Kier alpha value is -2.15. The number of alkyl carbamates (subject to hydrolysis) is 1. The van der Waals surface area contributed by atoms with E-state index < -0.39 is 5.60 Å². The second-order valence-corrected chi connectivity index (χ2v) is 7.98. The maximum atomic E-state index is 12.0. The largest absolute Gasteiger partial charge is 0.444 e. The normalized spacial score (nSPS) is 18.0. The molecule has 1 fully saturated rings. The highest BCUT2D eigenvalue weighted by Crippen LogP contribution is 2.24. The molecule has 3 rings (SSSR count). The van der Waals surface area contributed by atoms with Crippen molar-refractivity contribution in [1.29, 1.82) is 0 Å². The van der Waals surface area contributed by atoms with E-state index in [0.29, 0.717) is 0 Å². The Bertz CT molecular complexity index is 712. The monoisotopic (exact) mass is 360 g/mol. The molecule has 1 aliphatic heterocycles. The third-order valence-electron chi connectivity index (χ3n) is 3.94. The van der Waals surface area contributed by atoms with Crippen LogP contribution in [0.15, 0.2) is 29.2 Å². The molecule has 25 heavy (non-hydrogen) atoms. The Kier molecular flexibility index (Phi) is 5.22. The van der Waals surface area contributed by atoms with Crippen molar-refractivity contribution in [2.24, 2.45) is 0 Å². The van der Waals surface area contributed by atoms with E-state index in [2.05, 4.69) is 31.6 Å². The van der Waals surface area contributed by atoms with Crippen LogP contribution in [0.1, 0.15) is 33.6 Å². The number of ether oxygens (including phenoxy) is 1. The van der Waals surface area contributed by atoms with Crippen molar-refractivity contribution in [2.45, 2.75) is 45.3 Å². The highest BCUT2D eigenvalue weighted by molar-refractivity contribution is 7.08. The molecule has 1 atom stereocenters. The van der Waals surface area contributed by atoms with Crippen LogP contribution in [0.2, 0.25) is 0 Å². The van der Waals surface area contributed by atoms with Crippen molar-refractivity contribution in [1.82, 2.24) is 15.3 Å². The number of nitrogens with one attached hydrogen (secondary N) is 1. The number of anilines is 1. The molecule has 0 bridgehead atoms. The van der Waals surface area contributed by atoms with Gasteiger partial charge in [-0.3, -0.25) is 0 Å². The van der Waals surface area contributed by atoms with E-state index in [4.69, 9.17) is 4.74 Å². The second-order valence-electron chi connectivity index (χ2n) is 7.20. The number of thiophene rings is 1. The zero-order valence-electron chi connectivity index (χ0n) is 14.9. The molecular formula is C18H24N4O2S. The minimum atomic E-state index is -0.486. The van der Waals surface area contributed by atoms with Gasteiger partial charge in [0, 0.05) is 36.1 Å². The van der Waals surface area contributed by atoms with Gasteiger partial charge in [-0.25, -0.2) is 14.8 Å². The molecule has 6 nitrogen and oxygen atoms in total. The first-order valence-electron chi connectivity index (χ1n) is 8.50. The third kappa shape index (κ3) is 4.92. The maximum absolute atomic E-state index is 12.0. The predicted octanol–water partition coefficient (Wildman–Crippen LogP) is 3.70. The molecule has 7 heteroatoms. The lowest BCUT2D eigenvalue weighted by Gasteiger charge is -2.34. The van der Waals surface area contributed by atoms with E-state index in [0.717, 1.165) is 43.0 Å². The Morgan fingerprint density at radius 3 is 2.96 bits per heavy atom. The number of rotatable bonds is 3. The van der Waals surface area contributed by atoms with E-state index in [1.807, 2.05) is 32.2 Å². The van der Waals surface area contributed by atoms with Crippen LogP contribution in [-0.4, -0.2) is 40.8 Å². The van der Waals surface area contributed by atoms with Gasteiger partial charge in [-0.05, 0) is 45.1 Å². The van der Waals surface area contributed by atoms with Crippen LogP contribution in [0.3, 0.4) is 0 Å². The van der Waals surface area contributed by atoms with Gasteiger partial charge in [-0.15, -0.1) is 0 Å². The molecule has 0 saturated carbocycles. The first-order chi connectivity index (χ1) is 11.9. The summed E-state index contributed by atoms with van der Waals surface area (Å²) in [6, 6.07) is 4.13. The van der Waals surface area contributed by atoms with Gasteiger partial charge in [0.2, 0.25) is 0 Å².